The second kappa shape index (κ2) is 13.7. The van der Waals surface area contributed by atoms with Crippen molar-refractivity contribution in [1.82, 2.24) is 21.3 Å². The molecule has 0 saturated carbocycles. The maximum Gasteiger partial charge on any atom is 0.332 e. The molecule has 0 radical (unpaired) electrons. The van der Waals surface area contributed by atoms with Gasteiger partial charge in [-0.05, 0) is 12.5 Å². The molecule has 0 heterocycles. The third-order valence-corrected chi connectivity index (χ3v) is 3.94. The highest BCUT2D eigenvalue weighted by Gasteiger charge is 2.22. The molecular formula is C19H27N5O7. The van der Waals surface area contributed by atoms with Crippen LogP contribution in [0, 0.1) is 0 Å². The quantitative estimate of drug-likeness (QED) is 0.182. The van der Waals surface area contributed by atoms with Gasteiger partial charge in [0, 0.05) is 6.42 Å². The third-order valence-electron chi connectivity index (χ3n) is 3.94. The van der Waals surface area contributed by atoms with Crippen LogP contribution in [0.1, 0.15) is 12.5 Å². The van der Waals surface area contributed by atoms with Crippen LogP contribution in [0.3, 0.4) is 0 Å². The molecule has 0 aromatic heterocycles. The Kier molecular flexibility index (Phi) is 11.3. The van der Waals surface area contributed by atoms with E-state index in [-0.39, 0.29) is 26.2 Å². The molecular weight excluding hydrogens is 410 g/mol. The number of hydrogen-bond donors (Lipinski definition) is 6. The first-order valence-corrected chi connectivity index (χ1v) is 9.41. The van der Waals surface area contributed by atoms with Gasteiger partial charge in [0.2, 0.25) is 23.6 Å². The molecule has 1 aromatic rings. The van der Waals surface area contributed by atoms with Crippen LogP contribution < -0.4 is 27.0 Å². The summed E-state index contributed by atoms with van der Waals surface area (Å²) in [4.78, 5) is 58.3. The molecule has 0 aliphatic carbocycles. The van der Waals surface area contributed by atoms with Crippen LogP contribution in [0.4, 0.5) is 0 Å². The fourth-order valence-electron chi connectivity index (χ4n) is 2.23. The molecule has 4 amide bonds. The van der Waals surface area contributed by atoms with Gasteiger partial charge < -0.3 is 36.8 Å². The SMILES string of the molecule is C[C@@H](OCNC(=O)CNC(=O)[C@H](Cc1ccccc1)NC(=O)CNC(=O)CN)C(=O)O. The third kappa shape index (κ3) is 10.7. The van der Waals surface area contributed by atoms with Crippen LogP contribution in [-0.2, 0) is 35.1 Å². The first kappa shape index (κ1) is 25.5. The van der Waals surface area contributed by atoms with Crippen LogP contribution in [0.25, 0.3) is 0 Å². The van der Waals surface area contributed by atoms with Gasteiger partial charge in [-0.1, -0.05) is 30.3 Å². The van der Waals surface area contributed by atoms with E-state index in [0.717, 1.165) is 5.56 Å². The molecule has 0 saturated heterocycles. The molecule has 2 atom stereocenters. The molecule has 0 aliphatic rings. The number of nitrogens with one attached hydrogen (secondary N) is 4. The van der Waals surface area contributed by atoms with Crippen LogP contribution in [0.5, 0.6) is 0 Å². The van der Waals surface area contributed by atoms with Gasteiger partial charge in [-0.3, -0.25) is 19.2 Å². The summed E-state index contributed by atoms with van der Waals surface area (Å²) < 4.78 is 4.87. The zero-order valence-electron chi connectivity index (χ0n) is 17.1. The van der Waals surface area contributed by atoms with Crippen molar-refractivity contribution in [2.24, 2.45) is 5.73 Å². The highest BCUT2D eigenvalue weighted by atomic mass is 16.5. The largest absolute Gasteiger partial charge is 0.479 e. The fourth-order valence-corrected chi connectivity index (χ4v) is 2.23. The van der Waals surface area contributed by atoms with E-state index in [0.29, 0.717) is 0 Å². The summed E-state index contributed by atoms with van der Waals surface area (Å²) in [7, 11) is 0. The van der Waals surface area contributed by atoms with Gasteiger partial charge in [0.25, 0.3) is 0 Å². The van der Waals surface area contributed by atoms with Gasteiger partial charge >= 0.3 is 5.97 Å². The lowest BCUT2D eigenvalue weighted by Gasteiger charge is -2.19. The standard InChI is InChI=1S/C19H27N5O7/c1-12(19(29)30)31-11-23-16(26)9-22-18(28)14(7-13-5-3-2-4-6-13)24-17(27)10-21-15(25)8-20/h2-6,12,14H,7-11,20H2,1H3,(H,21,25)(H,22,28)(H,23,26)(H,24,27)(H,29,30)/t12-,14+/m1/s1. The summed E-state index contributed by atoms with van der Waals surface area (Å²) in [5.74, 6) is -3.51. The molecule has 12 nitrogen and oxygen atoms in total. The van der Waals surface area contributed by atoms with Gasteiger partial charge in [-0.25, -0.2) is 4.79 Å². The predicted octanol–water partition coefficient (Wildman–Crippen LogP) is -2.53. The van der Waals surface area contributed by atoms with Crippen LogP contribution in [0.15, 0.2) is 30.3 Å². The molecule has 170 valence electrons. The summed E-state index contributed by atoms with van der Waals surface area (Å²) >= 11 is 0. The molecule has 1 aromatic carbocycles. The number of carboxylic acid groups (broad SMARTS) is 1. The Morgan fingerprint density at radius 3 is 2.23 bits per heavy atom. The Morgan fingerprint density at radius 1 is 0.968 bits per heavy atom. The van der Waals surface area contributed by atoms with E-state index < -0.39 is 48.3 Å². The predicted molar refractivity (Wildman–Crippen MR) is 108 cm³/mol. The van der Waals surface area contributed by atoms with E-state index in [1.54, 1.807) is 30.3 Å². The van der Waals surface area contributed by atoms with Gasteiger partial charge in [-0.2, -0.15) is 0 Å². The lowest BCUT2D eigenvalue weighted by atomic mass is 10.1. The number of amides is 4. The number of rotatable bonds is 13. The van der Waals surface area contributed by atoms with Crippen molar-refractivity contribution >= 4 is 29.6 Å². The number of ether oxygens (including phenoxy) is 1. The first-order chi connectivity index (χ1) is 14.7. The fraction of sp³-hybridized carbons (Fsp3) is 0.421. The zero-order valence-corrected chi connectivity index (χ0v) is 17.1. The Balaban J connectivity index is 2.60. The van der Waals surface area contributed by atoms with Gasteiger partial charge in [-0.15, -0.1) is 0 Å². The van der Waals surface area contributed by atoms with Crippen molar-refractivity contribution in [1.29, 1.82) is 0 Å². The van der Waals surface area contributed by atoms with Crippen molar-refractivity contribution in [3.8, 4) is 0 Å². The first-order valence-electron chi connectivity index (χ1n) is 9.41. The Morgan fingerprint density at radius 2 is 1.61 bits per heavy atom. The minimum absolute atomic E-state index is 0.157. The van der Waals surface area contributed by atoms with E-state index in [1.165, 1.54) is 6.92 Å². The zero-order chi connectivity index (χ0) is 23.2. The summed E-state index contributed by atoms with van der Waals surface area (Å²) in [6, 6.07) is 7.91. The van der Waals surface area contributed by atoms with Crippen molar-refractivity contribution in [3.05, 3.63) is 35.9 Å². The van der Waals surface area contributed by atoms with Crippen LogP contribution in [0.2, 0.25) is 0 Å². The van der Waals surface area contributed by atoms with E-state index in [2.05, 4.69) is 21.3 Å². The topological polar surface area (TPSA) is 189 Å². The van der Waals surface area contributed by atoms with Crippen molar-refractivity contribution in [3.63, 3.8) is 0 Å². The second-order valence-electron chi connectivity index (χ2n) is 6.40. The van der Waals surface area contributed by atoms with Crippen molar-refractivity contribution in [2.75, 3.05) is 26.4 Å². The lowest BCUT2D eigenvalue weighted by molar-refractivity contribution is -0.150. The normalized spacial score (nSPS) is 12.2. The Labute approximate surface area is 178 Å². The van der Waals surface area contributed by atoms with Gasteiger partial charge in [0.05, 0.1) is 19.6 Å². The molecule has 0 bridgehead atoms. The minimum atomic E-state index is -1.18. The van der Waals surface area contributed by atoms with Gasteiger partial charge in [0.15, 0.2) is 6.10 Å². The van der Waals surface area contributed by atoms with E-state index in [1.807, 2.05) is 0 Å². The van der Waals surface area contributed by atoms with E-state index in [4.69, 9.17) is 15.6 Å². The number of carbonyl (C=O) groups excluding carboxylic acids is 4. The highest BCUT2D eigenvalue weighted by molar-refractivity contribution is 5.92. The maximum absolute atomic E-state index is 12.5. The van der Waals surface area contributed by atoms with Crippen molar-refractivity contribution < 1.29 is 33.8 Å². The maximum atomic E-state index is 12.5. The number of aliphatic carboxylic acids is 1. The molecule has 0 unspecified atom stereocenters. The second-order valence-corrected chi connectivity index (χ2v) is 6.40. The van der Waals surface area contributed by atoms with Crippen LogP contribution in [-0.4, -0.2) is 73.2 Å². The molecule has 1 rings (SSSR count). The molecule has 0 spiro atoms. The number of carboxylic acids is 1. The molecule has 12 heteroatoms. The summed E-state index contributed by atoms with van der Waals surface area (Å²) in [6.45, 7) is -0.0650. The average Bonchev–Trinajstić information content (AvgIpc) is 2.75. The summed E-state index contributed by atoms with van der Waals surface area (Å²) in [6.07, 6.45) is -0.940. The average molecular weight is 437 g/mol. The van der Waals surface area contributed by atoms with Gasteiger partial charge in [0.1, 0.15) is 12.8 Å². The smallest absolute Gasteiger partial charge is 0.332 e. The highest BCUT2D eigenvalue weighted by Crippen LogP contribution is 2.03. The Hall–Kier alpha value is -3.51. The Bertz CT molecular complexity index is 772. The summed E-state index contributed by atoms with van der Waals surface area (Å²) in [5.41, 5.74) is 5.93. The number of hydrogen-bond acceptors (Lipinski definition) is 7. The van der Waals surface area contributed by atoms with Crippen molar-refractivity contribution in [2.45, 2.75) is 25.5 Å². The summed E-state index contributed by atoms with van der Waals surface area (Å²) in [5, 5.41) is 18.2. The number of nitrogens with two attached hydrogens (primary N) is 1. The lowest BCUT2D eigenvalue weighted by Crippen LogP contribution is -2.52. The molecule has 31 heavy (non-hydrogen) atoms. The monoisotopic (exact) mass is 437 g/mol. The van der Waals surface area contributed by atoms with E-state index in [9.17, 15) is 24.0 Å². The number of benzene rings is 1. The minimum Gasteiger partial charge on any atom is -0.479 e. The molecule has 0 aliphatic heterocycles. The van der Waals surface area contributed by atoms with Crippen LogP contribution >= 0.6 is 0 Å². The van der Waals surface area contributed by atoms with E-state index >= 15 is 0 Å². The molecule has 0 fully saturated rings. The number of carbonyl (C=O) groups is 5. The molecule has 7 N–H and O–H groups in total.